The zero-order chi connectivity index (χ0) is 8.27. The predicted octanol–water partition coefficient (Wildman–Crippen LogP) is 1.23. The van der Waals surface area contributed by atoms with Crippen LogP contribution in [0, 0.1) is 0 Å². The van der Waals surface area contributed by atoms with Crippen LogP contribution in [-0.4, -0.2) is 30.3 Å². The Kier molecular flexibility index (Phi) is 2.83. The first-order chi connectivity index (χ1) is 5.24. The first-order valence-corrected chi connectivity index (χ1v) is 4.09. The summed E-state index contributed by atoms with van der Waals surface area (Å²) >= 11 is 0. The van der Waals surface area contributed by atoms with Gasteiger partial charge in [0.25, 0.3) is 0 Å². The van der Waals surface area contributed by atoms with Gasteiger partial charge in [-0.25, -0.2) is 0 Å². The molecule has 0 saturated carbocycles. The van der Waals surface area contributed by atoms with E-state index in [2.05, 4.69) is 18.5 Å². The van der Waals surface area contributed by atoms with Gasteiger partial charge in [0.1, 0.15) is 0 Å². The number of carbonyl (C=O) groups is 1. The number of likely N-dealkylation sites (tertiary alicyclic amines) is 1. The minimum atomic E-state index is 0.170. The standard InChI is InChI=1S/C9H15NO/c1-3-9(11)7-8-5-4-6-10(8)2/h3,8H,1,4-7H2,2H3. The second-order valence-corrected chi connectivity index (χ2v) is 3.15. The van der Waals surface area contributed by atoms with Crippen molar-refractivity contribution in [3.63, 3.8) is 0 Å². The number of ketones is 1. The van der Waals surface area contributed by atoms with E-state index in [-0.39, 0.29) is 5.78 Å². The fourth-order valence-corrected chi connectivity index (χ4v) is 1.55. The van der Waals surface area contributed by atoms with E-state index in [9.17, 15) is 4.79 Å². The van der Waals surface area contributed by atoms with Crippen molar-refractivity contribution in [1.82, 2.24) is 4.90 Å². The molecule has 0 bridgehead atoms. The molecule has 2 heteroatoms. The number of rotatable bonds is 3. The number of carbonyl (C=O) groups excluding carboxylic acids is 1. The largest absolute Gasteiger partial charge is 0.303 e. The molecule has 62 valence electrons. The highest BCUT2D eigenvalue weighted by Crippen LogP contribution is 2.17. The molecular formula is C9H15NO. The van der Waals surface area contributed by atoms with Crippen molar-refractivity contribution < 1.29 is 4.79 Å². The summed E-state index contributed by atoms with van der Waals surface area (Å²) in [6.07, 6.45) is 4.47. The molecule has 1 aliphatic heterocycles. The van der Waals surface area contributed by atoms with Gasteiger partial charge in [0.15, 0.2) is 5.78 Å². The van der Waals surface area contributed by atoms with Crippen LogP contribution in [0.15, 0.2) is 12.7 Å². The lowest BCUT2D eigenvalue weighted by Crippen LogP contribution is -2.26. The highest BCUT2D eigenvalue weighted by atomic mass is 16.1. The molecule has 1 heterocycles. The first kappa shape index (κ1) is 8.47. The Balaban J connectivity index is 2.36. The van der Waals surface area contributed by atoms with Crippen molar-refractivity contribution in [1.29, 1.82) is 0 Å². The van der Waals surface area contributed by atoms with Gasteiger partial charge in [0.2, 0.25) is 0 Å². The first-order valence-electron chi connectivity index (χ1n) is 4.09. The van der Waals surface area contributed by atoms with Crippen LogP contribution in [0.3, 0.4) is 0 Å². The molecule has 0 N–H and O–H groups in total. The molecular weight excluding hydrogens is 138 g/mol. The van der Waals surface area contributed by atoms with Crippen LogP contribution in [0.5, 0.6) is 0 Å². The molecule has 0 aromatic heterocycles. The smallest absolute Gasteiger partial charge is 0.156 e. The molecule has 1 fully saturated rings. The average Bonchev–Trinajstić information content (AvgIpc) is 2.37. The lowest BCUT2D eigenvalue weighted by molar-refractivity contribution is -0.115. The third kappa shape index (κ3) is 2.15. The van der Waals surface area contributed by atoms with Crippen molar-refractivity contribution in [2.75, 3.05) is 13.6 Å². The highest BCUT2D eigenvalue weighted by Gasteiger charge is 2.21. The van der Waals surface area contributed by atoms with Crippen LogP contribution in [0.25, 0.3) is 0 Å². The predicted molar refractivity (Wildman–Crippen MR) is 45.5 cm³/mol. The van der Waals surface area contributed by atoms with Crippen molar-refractivity contribution >= 4 is 5.78 Å². The van der Waals surface area contributed by atoms with Crippen LogP contribution < -0.4 is 0 Å². The lowest BCUT2D eigenvalue weighted by atomic mass is 10.1. The topological polar surface area (TPSA) is 20.3 Å². The molecule has 0 radical (unpaired) electrons. The second kappa shape index (κ2) is 3.67. The molecule has 0 amide bonds. The van der Waals surface area contributed by atoms with Crippen LogP contribution in [0.1, 0.15) is 19.3 Å². The van der Waals surface area contributed by atoms with Crippen molar-refractivity contribution in [3.8, 4) is 0 Å². The molecule has 11 heavy (non-hydrogen) atoms. The average molecular weight is 153 g/mol. The van der Waals surface area contributed by atoms with Crippen molar-refractivity contribution in [2.45, 2.75) is 25.3 Å². The molecule has 0 aliphatic carbocycles. The SMILES string of the molecule is C=CC(=O)CC1CCCN1C. The maximum absolute atomic E-state index is 11.0. The van der Waals surface area contributed by atoms with Gasteiger partial charge in [-0.3, -0.25) is 4.79 Å². The highest BCUT2D eigenvalue weighted by molar-refractivity contribution is 5.89. The van der Waals surface area contributed by atoms with Crippen LogP contribution >= 0.6 is 0 Å². The fraction of sp³-hybridized carbons (Fsp3) is 0.667. The molecule has 0 aromatic carbocycles. The van der Waals surface area contributed by atoms with E-state index in [4.69, 9.17) is 0 Å². The normalized spacial score (nSPS) is 25.4. The molecule has 0 aromatic rings. The minimum absolute atomic E-state index is 0.170. The summed E-state index contributed by atoms with van der Waals surface area (Å²) in [5.74, 6) is 0.170. The zero-order valence-corrected chi connectivity index (χ0v) is 7.05. The molecule has 1 aliphatic rings. The molecule has 0 spiro atoms. The third-order valence-electron chi connectivity index (χ3n) is 2.34. The Morgan fingerprint density at radius 3 is 3.00 bits per heavy atom. The van der Waals surface area contributed by atoms with Crippen LogP contribution in [0.4, 0.5) is 0 Å². The van der Waals surface area contributed by atoms with E-state index in [0.29, 0.717) is 12.5 Å². The molecule has 1 rings (SSSR count). The van der Waals surface area contributed by atoms with E-state index in [1.54, 1.807) is 0 Å². The Bertz CT molecular complexity index is 165. The number of hydrogen-bond donors (Lipinski definition) is 0. The van der Waals surface area contributed by atoms with Crippen LogP contribution in [-0.2, 0) is 4.79 Å². The summed E-state index contributed by atoms with van der Waals surface area (Å²) in [5, 5.41) is 0. The van der Waals surface area contributed by atoms with E-state index >= 15 is 0 Å². The van der Waals surface area contributed by atoms with E-state index < -0.39 is 0 Å². The van der Waals surface area contributed by atoms with Crippen molar-refractivity contribution in [3.05, 3.63) is 12.7 Å². The van der Waals surface area contributed by atoms with Gasteiger partial charge in [-0.15, -0.1) is 0 Å². The number of nitrogens with zero attached hydrogens (tertiary/aromatic N) is 1. The number of allylic oxidation sites excluding steroid dienone is 1. The van der Waals surface area contributed by atoms with Gasteiger partial charge in [-0.2, -0.15) is 0 Å². The maximum atomic E-state index is 11.0. The summed E-state index contributed by atoms with van der Waals surface area (Å²) in [6.45, 7) is 4.59. The Morgan fingerprint density at radius 2 is 2.55 bits per heavy atom. The van der Waals surface area contributed by atoms with E-state index in [1.807, 2.05) is 0 Å². The summed E-state index contributed by atoms with van der Waals surface area (Å²) in [7, 11) is 2.08. The lowest BCUT2D eigenvalue weighted by Gasteiger charge is -2.17. The second-order valence-electron chi connectivity index (χ2n) is 3.15. The Hall–Kier alpha value is -0.630. The maximum Gasteiger partial charge on any atom is 0.156 e. The zero-order valence-electron chi connectivity index (χ0n) is 7.05. The fourth-order valence-electron chi connectivity index (χ4n) is 1.55. The Labute approximate surface area is 67.9 Å². The summed E-state index contributed by atoms with van der Waals surface area (Å²) < 4.78 is 0. The molecule has 1 unspecified atom stereocenters. The van der Waals surface area contributed by atoms with Crippen molar-refractivity contribution in [2.24, 2.45) is 0 Å². The van der Waals surface area contributed by atoms with Gasteiger partial charge in [-0.1, -0.05) is 6.58 Å². The van der Waals surface area contributed by atoms with Gasteiger partial charge < -0.3 is 4.90 Å². The third-order valence-corrected chi connectivity index (χ3v) is 2.34. The molecule has 1 atom stereocenters. The summed E-state index contributed by atoms with van der Waals surface area (Å²) in [4.78, 5) is 13.2. The van der Waals surface area contributed by atoms with Gasteiger partial charge in [-0.05, 0) is 32.5 Å². The summed E-state index contributed by atoms with van der Waals surface area (Å²) in [5.41, 5.74) is 0. The van der Waals surface area contributed by atoms with Gasteiger partial charge in [0.05, 0.1) is 0 Å². The molecule has 2 nitrogen and oxygen atoms in total. The summed E-state index contributed by atoms with van der Waals surface area (Å²) in [6, 6.07) is 0.473. The number of hydrogen-bond acceptors (Lipinski definition) is 2. The van der Waals surface area contributed by atoms with E-state index in [1.165, 1.54) is 12.5 Å². The molecule has 1 saturated heterocycles. The van der Waals surface area contributed by atoms with Gasteiger partial charge in [0, 0.05) is 12.5 Å². The van der Waals surface area contributed by atoms with Crippen LogP contribution in [0.2, 0.25) is 0 Å². The van der Waals surface area contributed by atoms with E-state index in [0.717, 1.165) is 13.0 Å². The monoisotopic (exact) mass is 153 g/mol. The Morgan fingerprint density at radius 1 is 1.82 bits per heavy atom. The quantitative estimate of drug-likeness (QED) is 0.568. The van der Waals surface area contributed by atoms with Gasteiger partial charge >= 0.3 is 0 Å². The minimum Gasteiger partial charge on any atom is -0.303 e.